The molecule has 0 rings (SSSR count). The molecule has 108 valence electrons. The molecule has 3 unspecified atom stereocenters. The molecule has 0 aliphatic carbocycles. The van der Waals surface area contributed by atoms with E-state index in [-0.39, 0.29) is 6.61 Å². The minimum atomic E-state index is -0.743. The van der Waals surface area contributed by atoms with Crippen LogP contribution in [-0.4, -0.2) is 29.0 Å². The molecule has 0 aromatic rings. The maximum Gasteiger partial charge on any atom is 0.0894 e. The Morgan fingerprint density at radius 2 is 1.94 bits per heavy atom. The second kappa shape index (κ2) is 8.68. The predicted octanol–water partition coefficient (Wildman–Crippen LogP) is 2.47. The van der Waals surface area contributed by atoms with Gasteiger partial charge in [0.2, 0.25) is 0 Å². The monoisotopic (exact) mass is 257 g/mol. The van der Waals surface area contributed by atoms with Crippen molar-refractivity contribution in [1.29, 1.82) is 0 Å². The van der Waals surface area contributed by atoms with Gasteiger partial charge >= 0.3 is 0 Å². The van der Waals surface area contributed by atoms with Gasteiger partial charge in [-0.05, 0) is 30.6 Å². The van der Waals surface area contributed by atoms with E-state index >= 15 is 0 Å². The van der Waals surface area contributed by atoms with E-state index in [1.165, 1.54) is 12.8 Å². The Morgan fingerprint density at radius 3 is 2.44 bits per heavy atom. The first kappa shape index (κ1) is 17.6. The van der Waals surface area contributed by atoms with Gasteiger partial charge in [-0.2, -0.15) is 0 Å². The zero-order valence-electron chi connectivity index (χ0n) is 12.4. The first-order chi connectivity index (χ1) is 8.32. The molecular weight excluding hydrogens is 226 g/mol. The quantitative estimate of drug-likeness (QED) is 0.556. The average Bonchev–Trinajstić information content (AvgIpc) is 2.32. The molecule has 0 radical (unpaired) electrons. The summed E-state index contributed by atoms with van der Waals surface area (Å²) in [6.45, 7) is 8.92. The van der Waals surface area contributed by atoms with Gasteiger partial charge in [0.25, 0.3) is 0 Å². The SMILES string of the molecule is CCC(C)CC(C)(C)CC/C=C/C(O)C(N)CO. The van der Waals surface area contributed by atoms with Crippen LogP contribution >= 0.6 is 0 Å². The third-order valence-corrected chi connectivity index (χ3v) is 3.57. The van der Waals surface area contributed by atoms with E-state index in [1.807, 2.05) is 6.08 Å². The topological polar surface area (TPSA) is 66.5 Å². The smallest absolute Gasteiger partial charge is 0.0894 e. The zero-order chi connectivity index (χ0) is 14.2. The van der Waals surface area contributed by atoms with Crippen LogP contribution in [0.2, 0.25) is 0 Å². The lowest BCUT2D eigenvalue weighted by atomic mass is 9.79. The number of hydrogen-bond acceptors (Lipinski definition) is 3. The van der Waals surface area contributed by atoms with Crippen molar-refractivity contribution in [2.45, 2.75) is 65.5 Å². The maximum atomic E-state index is 9.56. The van der Waals surface area contributed by atoms with E-state index in [0.717, 1.165) is 18.8 Å². The second-order valence-electron chi connectivity index (χ2n) is 6.19. The molecule has 0 heterocycles. The summed E-state index contributed by atoms with van der Waals surface area (Å²) in [5.41, 5.74) is 5.85. The predicted molar refractivity (Wildman–Crippen MR) is 77.3 cm³/mol. The Morgan fingerprint density at radius 1 is 1.33 bits per heavy atom. The first-order valence-corrected chi connectivity index (χ1v) is 7.03. The van der Waals surface area contributed by atoms with E-state index in [9.17, 15) is 5.11 Å². The number of hydrogen-bond donors (Lipinski definition) is 3. The highest BCUT2D eigenvalue weighted by molar-refractivity contribution is 4.94. The lowest BCUT2D eigenvalue weighted by molar-refractivity contribution is 0.144. The maximum absolute atomic E-state index is 9.56. The summed E-state index contributed by atoms with van der Waals surface area (Å²) < 4.78 is 0. The van der Waals surface area contributed by atoms with Gasteiger partial charge in [0.15, 0.2) is 0 Å². The van der Waals surface area contributed by atoms with Crippen LogP contribution in [-0.2, 0) is 0 Å². The lowest BCUT2D eigenvalue weighted by Gasteiger charge is -2.27. The molecule has 3 atom stereocenters. The van der Waals surface area contributed by atoms with Gasteiger partial charge in [-0.15, -0.1) is 0 Å². The van der Waals surface area contributed by atoms with Gasteiger partial charge in [-0.1, -0.05) is 46.3 Å². The minimum absolute atomic E-state index is 0.189. The molecule has 4 N–H and O–H groups in total. The molecule has 0 aliphatic rings. The van der Waals surface area contributed by atoms with E-state index in [0.29, 0.717) is 5.41 Å². The van der Waals surface area contributed by atoms with Crippen molar-refractivity contribution in [1.82, 2.24) is 0 Å². The van der Waals surface area contributed by atoms with Gasteiger partial charge in [-0.25, -0.2) is 0 Å². The third kappa shape index (κ3) is 7.85. The normalized spacial score (nSPS) is 17.9. The fourth-order valence-electron chi connectivity index (χ4n) is 2.15. The van der Waals surface area contributed by atoms with Gasteiger partial charge in [0, 0.05) is 0 Å². The minimum Gasteiger partial charge on any atom is -0.395 e. The summed E-state index contributed by atoms with van der Waals surface area (Å²) in [5.74, 6) is 0.761. The molecule has 3 nitrogen and oxygen atoms in total. The van der Waals surface area contributed by atoms with E-state index in [4.69, 9.17) is 10.8 Å². The van der Waals surface area contributed by atoms with Crippen molar-refractivity contribution >= 4 is 0 Å². The molecule has 0 aromatic heterocycles. The molecule has 0 aromatic carbocycles. The molecule has 0 saturated carbocycles. The molecule has 3 heteroatoms. The number of aliphatic hydroxyl groups excluding tert-OH is 2. The largest absolute Gasteiger partial charge is 0.395 e. The van der Waals surface area contributed by atoms with Crippen LogP contribution in [0.5, 0.6) is 0 Å². The summed E-state index contributed by atoms with van der Waals surface area (Å²) in [7, 11) is 0. The van der Waals surface area contributed by atoms with Crippen LogP contribution in [0.25, 0.3) is 0 Å². The van der Waals surface area contributed by atoms with Crippen molar-refractivity contribution in [2.75, 3.05) is 6.61 Å². The van der Waals surface area contributed by atoms with Crippen molar-refractivity contribution in [3.63, 3.8) is 0 Å². The van der Waals surface area contributed by atoms with Gasteiger partial charge in [-0.3, -0.25) is 0 Å². The molecule has 0 saturated heterocycles. The fourth-order valence-corrected chi connectivity index (χ4v) is 2.15. The van der Waals surface area contributed by atoms with Gasteiger partial charge < -0.3 is 15.9 Å². The Bertz CT molecular complexity index is 239. The van der Waals surface area contributed by atoms with Crippen LogP contribution in [0.4, 0.5) is 0 Å². The Labute approximate surface area is 112 Å². The molecule has 0 aliphatic heterocycles. The van der Waals surface area contributed by atoms with Gasteiger partial charge in [0.05, 0.1) is 18.8 Å². The van der Waals surface area contributed by atoms with Crippen LogP contribution < -0.4 is 5.73 Å². The summed E-state index contributed by atoms with van der Waals surface area (Å²) in [6.07, 6.45) is 7.43. The third-order valence-electron chi connectivity index (χ3n) is 3.57. The van der Waals surface area contributed by atoms with Gasteiger partial charge in [0.1, 0.15) is 0 Å². The summed E-state index contributed by atoms with van der Waals surface area (Å²) >= 11 is 0. The van der Waals surface area contributed by atoms with Crippen molar-refractivity contribution in [3.8, 4) is 0 Å². The number of nitrogens with two attached hydrogens (primary N) is 1. The lowest BCUT2D eigenvalue weighted by Crippen LogP contribution is -2.36. The number of rotatable bonds is 9. The highest BCUT2D eigenvalue weighted by Gasteiger charge is 2.19. The summed E-state index contributed by atoms with van der Waals surface area (Å²) in [5, 5.41) is 18.4. The number of allylic oxidation sites excluding steroid dienone is 1. The summed E-state index contributed by atoms with van der Waals surface area (Å²) in [4.78, 5) is 0. The molecule has 0 fully saturated rings. The van der Waals surface area contributed by atoms with Crippen LogP contribution in [0, 0.1) is 11.3 Å². The highest BCUT2D eigenvalue weighted by atomic mass is 16.3. The van der Waals surface area contributed by atoms with E-state index < -0.39 is 12.1 Å². The van der Waals surface area contributed by atoms with Crippen molar-refractivity contribution in [3.05, 3.63) is 12.2 Å². The molecule has 0 spiro atoms. The van der Waals surface area contributed by atoms with E-state index in [1.54, 1.807) is 6.08 Å². The van der Waals surface area contributed by atoms with E-state index in [2.05, 4.69) is 27.7 Å². The Kier molecular flexibility index (Phi) is 8.49. The first-order valence-electron chi connectivity index (χ1n) is 7.03. The summed E-state index contributed by atoms with van der Waals surface area (Å²) in [6, 6.07) is -0.575. The highest BCUT2D eigenvalue weighted by Crippen LogP contribution is 2.31. The molecular formula is C15H31NO2. The number of aliphatic hydroxyl groups is 2. The molecule has 0 amide bonds. The standard InChI is InChI=1S/C15H31NO2/c1-5-12(2)10-15(3,4)9-7-6-8-14(18)13(16)11-17/h6,8,12-14,17-18H,5,7,9-11,16H2,1-4H3/b8-6+. The van der Waals surface area contributed by atoms with Crippen LogP contribution in [0.15, 0.2) is 12.2 Å². The van der Waals surface area contributed by atoms with Crippen molar-refractivity contribution < 1.29 is 10.2 Å². The van der Waals surface area contributed by atoms with Crippen molar-refractivity contribution in [2.24, 2.45) is 17.1 Å². The van der Waals surface area contributed by atoms with Crippen LogP contribution in [0.3, 0.4) is 0 Å². The molecule has 0 bridgehead atoms. The Hall–Kier alpha value is -0.380. The second-order valence-corrected chi connectivity index (χ2v) is 6.19. The average molecular weight is 257 g/mol. The Balaban J connectivity index is 3.98. The zero-order valence-corrected chi connectivity index (χ0v) is 12.4. The fraction of sp³-hybridized carbons (Fsp3) is 0.867. The van der Waals surface area contributed by atoms with Crippen LogP contribution in [0.1, 0.15) is 53.4 Å². The molecule has 18 heavy (non-hydrogen) atoms.